The van der Waals surface area contributed by atoms with Gasteiger partial charge in [0.25, 0.3) is 0 Å². The summed E-state index contributed by atoms with van der Waals surface area (Å²) in [5.74, 6) is -0.282. The zero-order valence-corrected chi connectivity index (χ0v) is 14.7. The number of nitrogens with one attached hydrogen (secondary N) is 1. The number of benzene rings is 1. The maximum absolute atomic E-state index is 11.9. The van der Waals surface area contributed by atoms with Gasteiger partial charge in [-0.15, -0.1) is 0 Å². The molecular formula is C15H23ClN2O3S. The molecule has 1 aromatic carbocycles. The van der Waals surface area contributed by atoms with Gasteiger partial charge in [0.1, 0.15) is 0 Å². The van der Waals surface area contributed by atoms with Crippen molar-refractivity contribution in [2.75, 3.05) is 19.3 Å². The maximum atomic E-state index is 11.9. The van der Waals surface area contributed by atoms with Gasteiger partial charge in [-0.2, -0.15) is 4.31 Å². The molecule has 124 valence electrons. The molecule has 0 heterocycles. The molecule has 0 radical (unpaired) electrons. The van der Waals surface area contributed by atoms with E-state index in [9.17, 15) is 13.2 Å². The van der Waals surface area contributed by atoms with Crippen LogP contribution in [0.5, 0.6) is 0 Å². The number of hydrogen-bond donors (Lipinski definition) is 1. The summed E-state index contributed by atoms with van der Waals surface area (Å²) in [6.45, 7) is 3.95. The molecule has 0 aliphatic carbocycles. The molecule has 1 unspecified atom stereocenters. The molecule has 0 spiro atoms. The molecule has 1 aromatic rings. The highest BCUT2D eigenvalue weighted by Crippen LogP contribution is 2.11. The van der Waals surface area contributed by atoms with E-state index in [2.05, 4.69) is 5.32 Å². The Bertz CT molecular complexity index is 587. The zero-order chi connectivity index (χ0) is 16.8. The van der Waals surface area contributed by atoms with Crippen molar-refractivity contribution >= 4 is 27.5 Å². The van der Waals surface area contributed by atoms with Crippen molar-refractivity contribution in [2.45, 2.75) is 32.7 Å². The molecule has 0 saturated heterocycles. The summed E-state index contributed by atoms with van der Waals surface area (Å²) < 4.78 is 24.8. The van der Waals surface area contributed by atoms with Crippen LogP contribution in [0.4, 0.5) is 0 Å². The molecule has 22 heavy (non-hydrogen) atoms. The molecule has 7 heteroatoms. The quantitative estimate of drug-likeness (QED) is 0.783. The van der Waals surface area contributed by atoms with Crippen molar-refractivity contribution in [3.8, 4) is 0 Å². The van der Waals surface area contributed by atoms with Gasteiger partial charge in [-0.1, -0.05) is 30.7 Å². The van der Waals surface area contributed by atoms with Crippen molar-refractivity contribution in [2.24, 2.45) is 0 Å². The van der Waals surface area contributed by atoms with E-state index >= 15 is 0 Å². The van der Waals surface area contributed by atoms with Crippen LogP contribution in [0.3, 0.4) is 0 Å². The lowest BCUT2D eigenvalue weighted by atomic mass is 10.1. The molecule has 0 saturated carbocycles. The summed E-state index contributed by atoms with van der Waals surface area (Å²) in [5, 5.41) is 3.41. The number of rotatable bonds is 8. The number of carbonyl (C=O) groups excluding carboxylic acids is 1. The first kappa shape index (κ1) is 18.9. The van der Waals surface area contributed by atoms with E-state index in [1.165, 1.54) is 4.31 Å². The van der Waals surface area contributed by atoms with E-state index in [0.29, 0.717) is 11.4 Å². The highest BCUT2D eigenvalue weighted by molar-refractivity contribution is 7.88. The Morgan fingerprint density at radius 1 is 1.32 bits per heavy atom. The lowest BCUT2D eigenvalue weighted by molar-refractivity contribution is -0.121. The zero-order valence-electron chi connectivity index (χ0n) is 13.2. The van der Waals surface area contributed by atoms with E-state index in [0.717, 1.165) is 18.2 Å². The molecule has 5 nitrogen and oxygen atoms in total. The molecule has 0 aromatic heterocycles. The number of halogens is 1. The first-order chi connectivity index (χ1) is 10.2. The summed E-state index contributed by atoms with van der Waals surface area (Å²) in [4.78, 5) is 11.9. The average Bonchev–Trinajstić information content (AvgIpc) is 2.43. The van der Waals surface area contributed by atoms with Gasteiger partial charge in [0.2, 0.25) is 15.9 Å². The third-order valence-electron chi connectivity index (χ3n) is 3.37. The Kier molecular flexibility index (Phi) is 7.32. The molecule has 1 N–H and O–H groups in total. The molecule has 1 atom stereocenters. The minimum atomic E-state index is -3.43. The molecular weight excluding hydrogens is 324 g/mol. The van der Waals surface area contributed by atoms with E-state index < -0.39 is 10.0 Å². The van der Waals surface area contributed by atoms with E-state index in [1.54, 1.807) is 12.1 Å². The lowest BCUT2D eigenvalue weighted by Crippen LogP contribution is -2.43. The second-order valence-corrected chi connectivity index (χ2v) is 7.77. The largest absolute Gasteiger partial charge is 0.353 e. The highest BCUT2D eigenvalue weighted by Gasteiger charge is 2.20. The fourth-order valence-electron chi connectivity index (χ4n) is 1.85. The van der Waals surface area contributed by atoms with Crippen LogP contribution in [0.25, 0.3) is 0 Å². The Labute approximate surface area is 137 Å². The predicted molar refractivity (Wildman–Crippen MR) is 89.5 cm³/mol. The highest BCUT2D eigenvalue weighted by atomic mass is 35.5. The van der Waals surface area contributed by atoms with Crippen LogP contribution in [-0.4, -0.2) is 44.0 Å². The van der Waals surface area contributed by atoms with Gasteiger partial charge in [0.05, 0.1) is 12.8 Å². The molecule has 0 fully saturated rings. The Morgan fingerprint density at radius 2 is 1.91 bits per heavy atom. The van der Waals surface area contributed by atoms with Gasteiger partial charge in [-0.3, -0.25) is 4.79 Å². The number of hydrogen-bond acceptors (Lipinski definition) is 3. The second kappa shape index (κ2) is 8.50. The summed E-state index contributed by atoms with van der Waals surface area (Å²) in [5.41, 5.74) is 0.973. The summed E-state index contributed by atoms with van der Waals surface area (Å²) in [7, 11) is -3.43. The van der Waals surface area contributed by atoms with Gasteiger partial charge in [-0.25, -0.2) is 8.42 Å². The monoisotopic (exact) mass is 346 g/mol. The number of amides is 1. The van der Waals surface area contributed by atoms with Crippen LogP contribution in [0.2, 0.25) is 5.02 Å². The third-order valence-corrected chi connectivity index (χ3v) is 4.87. The third kappa shape index (κ3) is 6.77. The van der Waals surface area contributed by atoms with Gasteiger partial charge >= 0.3 is 0 Å². The Hall–Kier alpha value is -1.11. The van der Waals surface area contributed by atoms with Crippen molar-refractivity contribution < 1.29 is 13.2 Å². The van der Waals surface area contributed by atoms with Crippen LogP contribution in [0, 0.1) is 0 Å². The molecule has 0 aliphatic rings. The minimum Gasteiger partial charge on any atom is -0.353 e. The van der Waals surface area contributed by atoms with Crippen molar-refractivity contribution in [1.82, 2.24) is 9.62 Å². The average molecular weight is 347 g/mol. The second-order valence-electron chi connectivity index (χ2n) is 5.35. The lowest BCUT2D eigenvalue weighted by Gasteiger charge is -2.21. The van der Waals surface area contributed by atoms with Gasteiger partial charge in [-0.05, 0) is 37.5 Å². The summed E-state index contributed by atoms with van der Waals surface area (Å²) in [6, 6.07) is 7.25. The normalized spacial score (nSPS) is 13.1. The summed E-state index contributed by atoms with van der Waals surface area (Å²) >= 11 is 5.82. The van der Waals surface area contributed by atoms with Crippen LogP contribution in [-0.2, 0) is 21.2 Å². The smallest absolute Gasteiger partial charge is 0.235 e. The SMILES string of the molecule is CCC(C)NC(=O)CN(CCc1ccc(Cl)cc1)S(C)(=O)=O. The van der Waals surface area contributed by atoms with E-state index in [1.807, 2.05) is 26.0 Å². The van der Waals surface area contributed by atoms with E-state index in [4.69, 9.17) is 11.6 Å². The van der Waals surface area contributed by atoms with Crippen LogP contribution >= 0.6 is 11.6 Å². The first-order valence-electron chi connectivity index (χ1n) is 7.21. The molecule has 0 bridgehead atoms. The minimum absolute atomic E-state index is 0.0326. The summed E-state index contributed by atoms with van der Waals surface area (Å²) in [6.07, 6.45) is 2.45. The van der Waals surface area contributed by atoms with Gasteiger partial charge in [0.15, 0.2) is 0 Å². The van der Waals surface area contributed by atoms with Crippen LogP contribution in [0.1, 0.15) is 25.8 Å². The molecule has 1 amide bonds. The van der Waals surface area contributed by atoms with Crippen molar-refractivity contribution in [3.63, 3.8) is 0 Å². The molecule has 0 aliphatic heterocycles. The Balaban J connectivity index is 2.65. The Morgan fingerprint density at radius 3 is 2.41 bits per heavy atom. The maximum Gasteiger partial charge on any atom is 0.235 e. The fraction of sp³-hybridized carbons (Fsp3) is 0.533. The molecule has 1 rings (SSSR count). The van der Waals surface area contributed by atoms with Crippen molar-refractivity contribution in [1.29, 1.82) is 0 Å². The van der Waals surface area contributed by atoms with Crippen molar-refractivity contribution in [3.05, 3.63) is 34.9 Å². The van der Waals surface area contributed by atoms with Gasteiger partial charge in [0, 0.05) is 17.6 Å². The number of nitrogens with zero attached hydrogens (tertiary/aromatic N) is 1. The number of carbonyl (C=O) groups is 1. The standard InChI is InChI=1S/C15H23ClN2O3S/c1-4-12(2)17-15(19)11-18(22(3,20)21)10-9-13-5-7-14(16)8-6-13/h5-8,12H,4,9-11H2,1-3H3,(H,17,19). The van der Waals surface area contributed by atoms with Crippen LogP contribution < -0.4 is 5.32 Å². The van der Waals surface area contributed by atoms with Gasteiger partial charge < -0.3 is 5.32 Å². The van der Waals surface area contributed by atoms with E-state index in [-0.39, 0.29) is 25.0 Å². The predicted octanol–water partition coefficient (Wildman–Crippen LogP) is 2.06. The number of sulfonamides is 1. The topological polar surface area (TPSA) is 66.5 Å². The van der Waals surface area contributed by atoms with Crippen LogP contribution in [0.15, 0.2) is 24.3 Å². The first-order valence-corrected chi connectivity index (χ1v) is 9.44. The fourth-order valence-corrected chi connectivity index (χ4v) is 2.75.